The van der Waals surface area contributed by atoms with Crippen LogP contribution in [0.5, 0.6) is 0 Å². The molecule has 3 fully saturated rings. The lowest BCUT2D eigenvalue weighted by Crippen LogP contribution is -2.46. The highest BCUT2D eigenvalue weighted by Gasteiger charge is 2.56. The molecule has 2 aromatic rings. The minimum atomic E-state index is -0.625. The van der Waals surface area contributed by atoms with Crippen molar-refractivity contribution >= 4 is 11.7 Å². The van der Waals surface area contributed by atoms with E-state index in [1.54, 1.807) is 11.1 Å². The number of rotatable bonds is 2. The monoisotopic (exact) mass is 410 g/mol. The van der Waals surface area contributed by atoms with Crippen LogP contribution < -0.4 is 4.90 Å². The van der Waals surface area contributed by atoms with Crippen molar-refractivity contribution in [2.24, 2.45) is 5.41 Å². The van der Waals surface area contributed by atoms with Gasteiger partial charge in [0.15, 0.2) is 0 Å². The number of hydrazine groups is 1. The standard InChI is InChI=1S/C21H20F2N6O/c22-15-7-14(8-16(23)9-15)18-1-4-28-12-21(20(30)29(18)28)2-5-27(6-3-21)19-10-17(11-24)25-13-26-19/h7-10,13,18H,1-6,12H2/t18-/m0/s1. The topological polar surface area (TPSA) is 76.4 Å². The number of fused-ring (bicyclic) bond motifs is 1. The molecule has 0 N–H and O–H groups in total. The normalized spacial score (nSPS) is 23.1. The molecule has 3 aliphatic rings. The van der Waals surface area contributed by atoms with Crippen LogP contribution >= 0.6 is 0 Å². The second-order valence-corrected chi connectivity index (χ2v) is 8.19. The van der Waals surface area contributed by atoms with Crippen LogP contribution in [0.3, 0.4) is 0 Å². The molecule has 1 atom stereocenters. The van der Waals surface area contributed by atoms with Crippen molar-refractivity contribution in [1.29, 1.82) is 5.26 Å². The maximum absolute atomic E-state index is 13.7. The van der Waals surface area contributed by atoms with Crippen molar-refractivity contribution < 1.29 is 13.6 Å². The lowest BCUT2D eigenvalue weighted by molar-refractivity contribution is -0.143. The number of carbonyl (C=O) groups excluding carboxylic acids is 1. The number of nitriles is 1. The van der Waals surface area contributed by atoms with E-state index in [1.807, 2.05) is 11.1 Å². The average Bonchev–Trinajstić information content (AvgIpc) is 3.26. The maximum Gasteiger partial charge on any atom is 0.245 e. The quantitative estimate of drug-likeness (QED) is 0.757. The minimum absolute atomic E-state index is 0.0368. The number of halogens is 2. The second-order valence-electron chi connectivity index (χ2n) is 8.19. The van der Waals surface area contributed by atoms with Gasteiger partial charge in [0.05, 0.1) is 11.5 Å². The first kappa shape index (κ1) is 18.9. The van der Waals surface area contributed by atoms with Gasteiger partial charge in [0.25, 0.3) is 0 Å². The number of aromatic nitrogens is 2. The Morgan fingerprint density at radius 2 is 1.80 bits per heavy atom. The van der Waals surface area contributed by atoms with Crippen molar-refractivity contribution in [2.45, 2.75) is 25.3 Å². The number of benzene rings is 1. The molecule has 5 rings (SSSR count). The Morgan fingerprint density at radius 1 is 1.07 bits per heavy atom. The smallest absolute Gasteiger partial charge is 0.245 e. The Kier molecular flexibility index (Phi) is 4.40. The Balaban J connectivity index is 1.34. The molecule has 3 aliphatic heterocycles. The molecule has 30 heavy (non-hydrogen) atoms. The molecule has 1 spiro atoms. The van der Waals surface area contributed by atoms with Crippen LogP contribution in [-0.4, -0.2) is 52.1 Å². The maximum atomic E-state index is 13.7. The van der Waals surface area contributed by atoms with Crippen molar-refractivity contribution in [1.82, 2.24) is 20.0 Å². The SMILES string of the molecule is N#Cc1cc(N2CCC3(CC2)CN2CC[C@@H](c4cc(F)cc(F)c4)N2C3=O)ncn1. The number of hydrogen-bond acceptors (Lipinski definition) is 6. The summed E-state index contributed by atoms with van der Waals surface area (Å²) >= 11 is 0. The van der Waals surface area contributed by atoms with Crippen LogP contribution in [0.4, 0.5) is 14.6 Å². The van der Waals surface area contributed by atoms with Gasteiger partial charge in [0, 0.05) is 38.3 Å². The van der Waals surface area contributed by atoms with E-state index in [0.29, 0.717) is 62.5 Å². The van der Waals surface area contributed by atoms with Gasteiger partial charge in [-0.25, -0.2) is 23.8 Å². The molecule has 1 aromatic heterocycles. The molecule has 9 heteroatoms. The fraction of sp³-hybridized carbons (Fsp3) is 0.429. The van der Waals surface area contributed by atoms with E-state index in [4.69, 9.17) is 5.26 Å². The van der Waals surface area contributed by atoms with Gasteiger partial charge < -0.3 is 4.90 Å². The lowest BCUT2D eigenvalue weighted by Gasteiger charge is -2.38. The van der Waals surface area contributed by atoms with E-state index in [0.717, 1.165) is 6.07 Å². The minimum Gasteiger partial charge on any atom is -0.356 e. The van der Waals surface area contributed by atoms with Crippen LogP contribution in [0.15, 0.2) is 30.6 Å². The summed E-state index contributed by atoms with van der Waals surface area (Å²) in [5.74, 6) is -0.523. The fourth-order valence-corrected chi connectivity index (χ4v) is 4.98. The summed E-state index contributed by atoms with van der Waals surface area (Å²) in [5, 5.41) is 12.8. The van der Waals surface area contributed by atoms with E-state index >= 15 is 0 Å². The molecule has 1 amide bonds. The summed E-state index contributed by atoms with van der Waals surface area (Å²) < 4.78 is 27.5. The van der Waals surface area contributed by atoms with Crippen LogP contribution in [0.2, 0.25) is 0 Å². The molecule has 154 valence electrons. The van der Waals surface area contributed by atoms with Gasteiger partial charge in [0.2, 0.25) is 5.91 Å². The average molecular weight is 410 g/mol. The summed E-state index contributed by atoms with van der Waals surface area (Å²) in [6.07, 6.45) is 3.36. The highest BCUT2D eigenvalue weighted by molar-refractivity contribution is 5.85. The van der Waals surface area contributed by atoms with E-state index < -0.39 is 17.0 Å². The molecule has 0 bridgehead atoms. The first-order chi connectivity index (χ1) is 14.5. The van der Waals surface area contributed by atoms with Gasteiger partial charge in [-0.05, 0) is 37.0 Å². The van der Waals surface area contributed by atoms with Crippen molar-refractivity contribution in [3.8, 4) is 6.07 Å². The summed E-state index contributed by atoms with van der Waals surface area (Å²) in [6.45, 7) is 2.61. The van der Waals surface area contributed by atoms with Crippen molar-refractivity contribution in [2.75, 3.05) is 31.1 Å². The lowest BCUT2D eigenvalue weighted by atomic mass is 9.77. The Hall–Kier alpha value is -3.12. The van der Waals surface area contributed by atoms with Gasteiger partial charge >= 0.3 is 0 Å². The third-order valence-electron chi connectivity index (χ3n) is 6.49. The number of nitrogens with zero attached hydrogens (tertiary/aromatic N) is 6. The molecule has 3 saturated heterocycles. The molecule has 0 saturated carbocycles. The van der Waals surface area contributed by atoms with E-state index in [-0.39, 0.29) is 11.9 Å². The van der Waals surface area contributed by atoms with Crippen LogP contribution in [0.25, 0.3) is 0 Å². The van der Waals surface area contributed by atoms with E-state index in [1.165, 1.54) is 18.5 Å². The van der Waals surface area contributed by atoms with E-state index in [9.17, 15) is 13.6 Å². The Morgan fingerprint density at radius 3 is 2.50 bits per heavy atom. The second kappa shape index (κ2) is 6.99. The van der Waals surface area contributed by atoms with Gasteiger partial charge in [-0.15, -0.1) is 0 Å². The first-order valence-corrected chi connectivity index (χ1v) is 10.0. The van der Waals surface area contributed by atoms with Crippen LogP contribution in [-0.2, 0) is 4.79 Å². The Labute approximate surface area is 172 Å². The molecule has 0 unspecified atom stereocenters. The molecule has 1 aromatic carbocycles. The van der Waals surface area contributed by atoms with Gasteiger partial charge in [0.1, 0.15) is 35.5 Å². The van der Waals surface area contributed by atoms with Crippen LogP contribution in [0.1, 0.15) is 36.6 Å². The predicted octanol–water partition coefficient (Wildman–Crippen LogP) is 2.42. The third kappa shape index (κ3) is 2.99. The predicted molar refractivity (Wildman–Crippen MR) is 103 cm³/mol. The number of hydrogen-bond donors (Lipinski definition) is 0. The van der Waals surface area contributed by atoms with Crippen molar-refractivity contribution in [3.63, 3.8) is 0 Å². The Bertz CT molecular complexity index is 1030. The van der Waals surface area contributed by atoms with E-state index in [2.05, 4.69) is 14.9 Å². The van der Waals surface area contributed by atoms with Gasteiger partial charge in [-0.1, -0.05) is 0 Å². The van der Waals surface area contributed by atoms with Crippen LogP contribution in [0, 0.1) is 28.4 Å². The highest BCUT2D eigenvalue weighted by Crippen LogP contribution is 2.47. The van der Waals surface area contributed by atoms with Crippen molar-refractivity contribution in [3.05, 3.63) is 53.5 Å². The molecule has 7 nitrogen and oxygen atoms in total. The number of piperidine rings is 1. The third-order valence-corrected chi connectivity index (χ3v) is 6.49. The fourth-order valence-electron chi connectivity index (χ4n) is 4.98. The molecule has 0 aliphatic carbocycles. The molecular weight excluding hydrogens is 390 g/mol. The first-order valence-electron chi connectivity index (χ1n) is 10.0. The molecule has 0 radical (unpaired) electrons. The molecule has 4 heterocycles. The zero-order valence-corrected chi connectivity index (χ0v) is 16.3. The summed E-state index contributed by atoms with van der Waals surface area (Å²) in [4.78, 5) is 23.7. The molecular formula is C21H20F2N6O. The van der Waals surface area contributed by atoms with Gasteiger partial charge in [-0.2, -0.15) is 5.26 Å². The zero-order valence-electron chi connectivity index (χ0n) is 16.3. The summed E-state index contributed by atoms with van der Waals surface area (Å²) in [7, 11) is 0. The highest BCUT2D eigenvalue weighted by atomic mass is 19.1. The number of carbonyl (C=O) groups is 1. The summed E-state index contributed by atoms with van der Waals surface area (Å²) in [6, 6.07) is 6.83. The zero-order chi connectivity index (χ0) is 20.9. The van der Waals surface area contributed by atoms with Gasteiger partial charge in [-0.3, -0.25) is 9.80 Å². The number of anilines is 1. The largest absolute Gasteiger partial charge is 0.356 e. The summed E-state index contributed by atoms with van der Waals surface area (Å²) in [5.41, 5.74) is 0.323. The number of amides is 1.